The fraction of sp³-hybridized carbons (Fsp3) is 0.529. The monoisotopic (exact) mass is 351 g/mol. The quantitative estimate of drug-likeness (QED) is 0.831. The molecule has 0 aromatic heterocycles. The first kappa shape index (κ1) is 16.4. The van der Waals surface area contributed by atoms with E-state index < -0.39 is 5.60 Å². The largest absolute Gasteiger partial charge is 0.481 e. The summed E-state index contributed by atoms with van der Waals surface area (Å²) >= 11 is 3.38. The SMILES string of the molecule is C[C@@H]1C[C@](O)(C#CCOc2ccc(Br)cc2)[C@@H](C)CN1C. The van der Waals surface area contributed by atoms with E-state index in [2.05, 4.69) is 46.6 Å². The summed E-state index contributed by atoms with van der Waals surface area (Å²) in [7, 11) is 2.09. The van der Waals surface area contributed by atoms with Crippen LogP contribution in [-0.4, -0.2) is 41.8 Å². The summed E-state index contributed by atoms with van der Waals surface area (Å²) in [5, 5.41) is 10.7. The lowest BCUT2D eigenvalue weighted by molar-refractivity contribution is -0.0347. The van der Waals surface area contributed by atoms with Crippen LogP contribution in [0.3, 0.4) is 0 Å². The highest BCUT2D eigenvalue weighted by atomic mass is 79.9. The number of piperidine rings is 1. The van der Waals surface area contributed by atoms with Crippen LogP contribution in [0.1, 0.15) is 20.3 Å². The highest BCUT2D eigenvalue weighted by Crippen LogP contribution is 2.30. The highest BCUT2D eigenvalue weighted by Gasteiger charge is 2.39. The van der Waals surface area contributed by atoms with Crippen molar-refractivity contribution in [3.63, 3.8) is 0 Å². The van der Waals surface area contributed by atoms with E-state index in [1.165, 1.54) is 0 Å². The Hall–Kier alpha value is -1.02. The molecule has 3 atom stereocenters. The number of benzene rings is 1. The third-order valence-electron chi connectivity index (χ3n) is 4.17. The van der Waals surface area contributed by atoms with Crippen LogP contribution < -0.4 is 4.74 Å². The van der Waals surface area contributed by atoms with Gasteiger partial charge in [-0.25, -0.2) is 0 Å². The second kappa shape index (κ2) is 6.83. The van der Waals surface area contributed by atoms with E-state index in [4.69, 9.17) is 4.74 Å². The van der Waals surface area contributed by atoms with E-state index in [1.54, 1.807) is 0 Å². The number of hydrogen-bond donors (Lipinski definition) is 1. The van der Waals surface area contributed by atoms with Gasteiger partial charge in [-0.05, 0) is 38.2 Å². The molecule has 3 nitrogen and oxygen atoms in total. The first-order valence-corrected chi connectivity index (χ1v) is 8.01. The summed E-state index contributed by atoms with van der Waals surface area (Å²) in [6.45, 7) is 5.32. The van der Waals surface area contributed by atoms with Gasteiger partial charge in [0.05, 0.1) is 0 Å². The van der Waals surface area contributed by atoms with Gasteiger partial charge in [-0.2, -0.15) is 0 Å². The molecule has 114 valence electrons. The van der Waals surface area contributed by atoms with Gasteiger partial charge in [0, 0.05) is 29.4 Å². The number of halogens is 1. The Morgan fingerprint density at radius 1 is 1.38 bits per heavy atom. The zero-order valence-corrected chi connectivity index (χ0v) is 14.4. The Morgan fingerprint density at radius 2 is 2.05 bits per heavy atom. The van der Waals surface area contributed by atoms with Crippen molar-refractivity contribution >= 4 is 15.9 Å². The molecule has 1 heterocycles. The Morgan fingerprint density at radius 3 is 2.71 bits per heavy atom. The van der Waals surface area contributed by atoms with E-state index in [-0.39, 0.29) is 5.92 Å². The number of hydrogen-bond acceptors (Lipinski definition) is 3. The van der Waals surface area contributed by atoms with Crippen LogP contribution in [0.2, 0.25) is 0 Å². The number of aliphatic hydroxyl groups is 1. The van der Waals surface area contributed by atoms with Gasteiger partial charge in [0.1, 0.15) is 18.0 Å². The van der Waals surface area contributed by atoms with Crippen LogP contribution in [0.5, 0.6) is 5.75 Å². The predicted octanol–water partition coefficient (Wildman–Crippen LogP) is 2.92. The molecule has 1 aromatic rings. The lowest BCUT2D eigenvalue weighted by Gasteiger charge is -2.42. The molecule has 2 rings (SSSR count). The fourth-order valence-electron chi connectivity index (χ4n) is 2.58. The van der Waals surface area contributed by atoms with Crippen molar-refractivity contribution < 1.29 is 9.84 Å². The molecule has 1 aromatic carbocycles. The van der Waals surface area contributed by atoms with Crippen LogP contribution in [0, 0.1) is 17.8 Å². The summed E-state index contributed by atoms with van der Waals surface area (Å²) in [4.78, 5) is 2.26. The molecule has 1 saturated heterocycles. The molecule has 1 fully saturated rings. The maximum absolute atomic E-state index is 10.7. The number of likely N-dealkylation sites (tertiary alicyclic amines) is 1. The Labute approximate surface area is 135 Å². The van der Waals surface area contributed by atoms with E-state index in [0.29, 0.717) is 19.1 Å². The first-order chi connectivity index (χ1) is 9.90. The zero-order valence-electron chi connectivity index (χ0n) is 12.8. The number of nitrogens with zero attached hydrogens (tertiary/aromatic N) is 1. The Kier molecular flexibility index (Phi) is 5.32. The standard InChI is InChI=1S/C17H22BrNO2/c1-13-12-19(3)14(2)11-17(13,20)9-4-10-21-16-7-5-15(18)6-8-16/h5-8,13-14,20H,10-12H2,1-3H3/t13-,14+,17+/m0/s1. The van der Waals surface area contributed by atoms with Gasteiger partial charge in [0.2, 0.25) is 0 Å². The minimum Gasteiger partial charge on any atom is -0.481 e. The van der Waals surface area contributed by atoms with Crippen molar-refractivity contribution in [3.05, 3.63) is 28.7 Å². The molecule has 21 heavy (non-hydrogen) atoms. The van der Waals surface area contributed by atoms with E-state index in [0.717, 1.165) is 16.8 Å². The van der Waals surface area contributed by atoms with E-state index in [9.17, 15) is 5.11 Å². The molecule has 0 saturated carbocycles. The smallest absolute Gasteiger partial charge is 0.149 e. The van der Waals surface area contributed by atoms with Crippen molar-refractivity contribution in [1.29, 1.82) is 0 Å². The average Bonchev–Trinajstić information content (AvgIpc) is 2.44. The lowest BCUT2D eigenvalue weighted by atomic mass is 9.80. The molecule has 0 bridgehead atoms. The third-order valence-corrected chi connectivity index (χ3v) is 4.69. The lowest BCUT2D eigenvalue weighted by Crippen LogP contribution is -2.52. The molecule has 0 amide bonds. The Bertz CT molecular complexity index is 534. The fourth-order valence-corrected chi connectivity index (χ4v) is 2.85. The predicted molar refractivity (Wildman–Crippen MR) is 88.2 cm³/mol. The van der Waals surface area contributed by atoms with E-state index in [1.807, 2.05) is 31.2 Å². The molecule has 0 radical (unpaired) electrons. The molecule has 1 aliphatic rings. The Balaban J connectivity index is 1.93. The molecule has 1 aliphatic heterocycles. The highest BCUT2D eigenvalue weighted by molar-refractivity contribution is 9.10. The first-order valence-electron chi connectivity index (χ1n) is 7.22. The van der Waals surface area contributed by atoms with Gasteiger partial charge in [-0.15, -0.1) is 0 Å². The van der Waals surface area contributed by atoms with Crippen LogP contribution in [0.15, 0.2) is 28.7 Å². The summed E-state index contributed by atoms with van der Waals surface area (Å²) in [5.41, 5.74) is -0.908. The van der Waals surface area contributed by atoms with Gasteiger partial charge in [0.25, 0.3) is 0 Å². The van der Waals surface area contributed by atoms with Gasteiger partial charge in [-0.3, -0.25) is 0 Å². The van der Waals surface area contributed by atoms with Crippen molar-refractivity contribution in [3.8, 4) is 17.6 Å². The van der Waals surface area contributed by atoms with Gasteiger partial charge < -0.3 is 14.7 Å². The third kappa shape index (κ3) is 4.23. The summed E-state index contributed by atoms with van der Waals surface area (Å²) in [6, 6.07) is 7.98. The molecule has 0 spiro atoms. The van der Waals surface area contributed by atoms with Gasteiger partial charge in [-0.1, -0.05) is 34.7 Å². The van der Waals surface area contributed by atoms with Gasteiger partial charge in [0.15, 0.2) is 0 Å². The maximum atomic E-state index is 10.7. The molecular formula is C17H22BrNO2. The molecule has 0 unspecified atom stereocenters. The number of rotatable bonds is 2. The molecular weight excluding hydrogens is 330 g/mol. The summed E-state index contributed by atoms with van der Waals surface area (Å²) in [6.07, 6.45) is 0.677. The van der Waals surface area contributed by atoms with Crippen LogP contribution >= 0.6 is 15.9 Å². The average molecular weight is 352 g/mol. The van der Waals surface area contributed by atoms with Crippen molar-refractivity contribution in [1.82, 2.24) is 4.90 Å². The molecule has 1 N–H and O–H groups in total. The normalized spacial score (nSPS) is 29.6. The zero-order chi connectivity index (χ0) is 15.5. The second-order valence-corrected chi connectivity index (χ2v) is 6.78. The summed E-state index contributed by atoms with van der Waals surface area (Å²) < 4.78 is 6.58. The topological polar surface area (TPSA) is 32.7 Å². The molecule has 0 aliphatic carbocycles. The maximum Gasteiger partial charge on any atom is 0.149 e. The van der Waals surface area contributed by atoms with Crippen LogP contribution in [0.4, 0.5) is 0 Å². The summed E-state index contributed by atoms with van der Waals surface area (Å²) in [5.74, 6) is 6.92. The minimum atomic E-state index is -0.908. The van der Waals surface area contributed by atoms with Crippen LogP contribution in [0.25, 0.3) is 0 Å². The number of ether oxygens (including phenoxy) is 1. The molecule has 4 heteroatoms. The second-order valence-electron chi connectivity index (χ2n) is 5.86. The van der Waals surface area contributed by atoms with E-state index >= 15 is 0 Å². The van der Waals surface area contributed by atoms with Crippen molar-refractivity contribution in [2.75, 3.05) is 20.2 Å². The van der Waals surface area contributed by atoms with Gasteiger partial charge >= 0.3 is 0 Å². The van der Waals surface area contributed by atoms with Crippen LogP contribution in [-0.2, 0) is 0 Å². The van der Waals surface area contributed by atoms with Crippen molar-refractivity contribution in [2.24, 2.45) is 5.92 Å². The van der Waals surface area contributed by atoms with Crippen molar-refractivity contribution in [2.45, 2.75) is 31.9 Å². The minimum absolute atomic E-state index is 0.138.